The number of fused-ring (bicyclic) bond motifs is 2. The van der Waals surface area contributed by atoms with E-state index in [4.69, 9.17) is 0 Å². The molecule has 34 heavy (non-hydrogen) atoms. The summed E-state index contributed by atoms with van der Waals surface area (Å²) in [5, 5.41) is 3.02. The summed E-state index contributed by atoms with van der Waals surface area (Å²) >= 11 is 1.18. The summed E-state index contributed by atoms with van der Waals surface area (Å²) in [7, 11) is -3.54. The van der Waals surface area contributed by atoms with Gasteiger partial charge in [0.2, 0.25) is 15.9 Å². The van der Waals surface area contributed by atoms with Crippen molar-refractivity contribution in [2.45, 2.75) is 31.1 Å². The van der Waals surface area contributed by atoms with Crippen molar-refractivity contribution in [1.82, 2.24) is 14.2 Å². The molecule has 0 spiro atoms. The number of sulfonamides is 1. The second-order valence-corrected chi connectivity index (χ2v) is 11.3. The highest BCUT2D eigenvalue weighted by atomic mass is 32.2. The van der Waals surface area contributed by atoms with Gasteiger partial charge in [-0.05, 0) is 50.1 Å². The van der Waals surface area contributed by atoms with Crippen molar-refractivity contribution >= 4 is 54.4 Å². The van der Waals surface area contributed by atoms with Crippen LogP contribution in [0.5, 0.6) is 0 Å². The van der Waals surface area contributed by atoms with E-state index in [0.717, 1.165) is 23.3 Å². The molecule has 3 aromatic rings. The maximum Gasteiger partial charge on any atom is 0.261 e. The van der Waals surface area contributed by atoms with Crippen LogP contribution in [0.4, 0.5) is 5.13 Å². The van der Waals surface area contributed by atoms with Crippen LogP contribution in [0.3, 0.4) is 0 Å². The number of hydrogen-bond donors (Lipinski definition) is 1. The van der Waals surface area contributed by atoms with Crippen LogP contribution < -0.4 is 5.32 Å². The number of rotatable bonds is 6. The van der Waals surface area contributed by atoms with Gasteiger partial charge in [0.25, 0.3) is 11.8 Å². The van der Waals surface area contributed by atoms with Crippen LogP contribution in [0.15, 0.2) is 41.3 Å². The summed E-state index contributed by atoms with van der Waals surface area (Å²) in [6, 6.07) is 9.82. The fourth-order valence-corrected chi connectivity index (χ4v) is 6.74. The fourth-order valence-electron chi connectivity index (χ4n) is 4.20. The zero-order valence-corrected chi connectivity index (χ0v) is 20.0. The number of carbonyl (C=O) groups is 3. The van der Waals surface area contributed by atoms with Gasteiger partial charge in [0.05, 0.1) is 26.2 Å². The van der Waals surface area contributed by atoms with Gasteiger partial charge in [-0.1, -0.05) is 23.0 Å². The average molecular weight is 499 g/mol. The summed E-state index contributed by atoms with van der Waals surface area (Å²) in [6.45, 7) is 2.85. The van der Waals surface area contributed by atoms with E-state index in [-0.39, 0.29) is 17.9 Å². The molecular weight excluding hydrogens is 476 g/mol. The summed E-state index contributed by atoms with van der Waals surface area (Å²) in [5.41, 5.74) is 2.17. The molecule has 176 valence electrons. The molecule has 5 rings (SSSR count). The lowest BCUT2D eigenvalue weighted by Gasteiger charge is -2.15. The second-order valence-electron chi connectivity index (χ2n) is 8.37. The first-order valence-electron chi connectivity index (χ1n) is 10.9. The number of hydrogen-bond acceptors (Lipinski definition) is 7. The van der Waals surface area contributed by atoms with E-state index < -0.39 is 27.7 Å². The molecule has 1 N–H and O–H groups in total. The number of anilines is 1. The number of imide groups is 1. The molecule has 9 nitrogen and oxygen atoms in total. The monoisotopic (exact) mass is 498 g/mol. The first-order valence-corrected chi connectivity index (χ1v) is 13.2. The number of carbonyl (C=O) groups excluding carboxylic acids is 3. The molecule has 1 aromatic heterocycles. The minimum atomic E-state index is -3.54. The lowest BCUT2D eigenvalue weighted by atomic mass is 10.1. The number of aryl methyl sites for hydroxylation is 1. The molecular formula is C23H22N4O5S2. The smallest absolute Gasteiger partial charge is 0.261 e. The number of amides is 3. The maximum atomic E-state index is 12.8. The maximum absolute atomic E-state index is 12.8. The fraction of sp³-hybridized carbons (Fsp3) is 0.304. The zero-order chi connectivity index (χ0) is 24.0. The zero-order valence-electron chi connectivity index (χ0n) is 18.4. The van der Waals surface area contributed by atoms with E-state index in [9.17, 15) is 22.8 Å². The van der Waals surface area contributed by atoms with Gasteiger partial charge in [0, 0.05) is 26.1 Å². The van der Waals surface area contributed by atoms with Crippen LogP contribution in [0.25, 0.3) is 10.2 Å². The van der Waals surface area contributed by atoms with Gasteiger partial charge in [-0.25, -0.2) is 13.4 Å². The molecule has 2 aliphatic rings. The highest BCUT2D eigenvalue weighted by Crippen LogP contribution is 2.30. The minimum absolute atomic E-state index is 0.0413. The third-order valence-corrected chi connectivity index (χ3v) is 8.83. The average Bonchev–Trinajstić information content (AvgIpc) is 3.52. The minimum Gasteiger partial charge on any atom is -0.302 e. The summed E-state index contributed by atoms with van der Waals surface area (Å²) in [6.07, 6.45) is 1.64. The molecule has 0 radical (unpaired) electrons. The van der Waals surface area contributed by atoms with Gasteiger partial charge in [-0.15, -0.1) is 0 Å². The van der Waals surface area contributed by atoms with Gasteiger partial charge in [-0.2, -0.15) is 4.31 Å². The van der Waals surface area contributed by atoms with Crippen LogP contribution >= 0.6 is 11.3 Å². The quantitative estimate of drug-likeness (QED) is 0.522. The molecule has 3 amide bonds. The molecule has 0 unspecified atom stereocenters. The SMILES string of the molecule is Cc1ccc2c(c1)C(=O)N(CCC(=O)Nc1nc3ccc(S(=O)(=O)N4CCCC4)cc3s1)C2=O. The van der Waals surface area contributed by atoms with Gasteiger partial charge in [0.15, 0.2) is 5.13 Å². The highest BCUT2D eigenvalue weighted by Gasteiger charge is 2.35. The van der Waals surface area contributed by atoms with Crippen molar-refractivity contribution in [3.8, 4) is 0 Å². The third kappa shape index (κ3) is 3.99. The number of aromatic nitrogens is 1. The van der Waals surface area contributed by atoms with E-state index in [0.29, 0.717) is 39.6 Å². The van der Waals surface area contributed by atoms with E-state index >= 15 is 0 Å². The molecule has 3 heterocycles. The van der Waals surface area contributed by atoms with E-state index in [1.807, 2.05) is 6.92 Å². The Kier molecular flexibility index (Phi) is 5.70. The summed E-state index contributed by atoms with van der Waals surface area (Å²) in [5.74, 6) is -1.19. The molecule has 11 heteroatoms. The van der Waals surface area contributed by atoms with Crippen LogP contribution in [0, 0.1) is 6.92 Å². The van der Waals surface area contributed by atoms with E-state index in [1.54, 1.807) is 30.3 Å². The predicted molar refractivity (Wildman–Crippen MR) is 127 cm³/mol. The van der Waals surface area contributed by atoms with Crippen LogP contribution in [0.2, 0.25) is 0 Å². The van der Waals surface area contributed by atoms with E-state index in [2.05, 4.69) is 10.3 Å². The van der Waals surface area contributed by atoms with Crippen molar-refractivity contribution in [2.24, 2.45) is 0 Å². The number of nitrogens with zero attached hydrogens (tertiary/aromatic N) is 3. The Morgan fingerprint density at radius 3 is 2.56 bits per heavy atom. The van der Waals surface area contributed by atoms with Crippen molar-refractivity contribution in [3.05, 3.63) is 53.1 Å². The molecule has 1 saturated heterocycles. The van der Waals surface area contributed by atoms with E-state index in [1.165, 1.54) is 21.7 Å². The van der Waals surface area contributed by atoms with Gasteiger partial charge < -0.3 is 5.32 Å². The van der Waals surface area contributed by atoms with Crippen LogP contribution in [-0.2, 0) is 14.8 Å². The predicted octanol–water partition coefficient (Wildman–Crippen LogP) is 3.01. The lowest BCUT2D eigenvalue weighted by molar-refractivity contribution is -0.116. The molecule has 2 aromatic carbocycles. The van der Waals surface area contributed by atoms with Crippen LogP contribution in [0.1, 0.15) is 45.5 Å². The van der Waals surface area contributed by atoms with Crippen molar-refractivity contribution in [1.29, 1.82) is 0 Å². The Labute approximate surface area is 200 Å². The second kappa shape index (κ2) is 8.57. The normalized spacial score (nSPS) is 16.4. The Morgan fingerprint density at radius 2 is 1.79 bits per heavy atom. The highest BCUT2D eigenvalue weighted by molar-refractivity contribution is 7.89. The summed E-state index contributed by atoms with van der Waals surface area (Å²) < 4.78 is 27.7. The van der Waals surface area contributed by atoms with Gasteiger partial charge in [0.1, 0.15) is 0 Å². The van der Waals surface area contributed by atoms with Crippen molar-refractivity contribution in [2.75, 3.05) is 25.0 Å². The van der Waals surface area contributed by atoms with Gasteiger partial charge >= 0.3 is 0 Å². The number of thiazole rings is 1. The van der Waals surface area contributed by atoms with Crippen LogP contribution in [-0.4, -0.2) is 60.0 Å². The Hall–Kier alpha value is -3.15. The first-order chi connectivity index (χ1) is 16.2. The Morgan fingerprint density at radius 1 is 1.06 bits per heavy atom. The first kappa shape index (κ1) is 22.6. The topological polar surface area (TPSA) is 117 Å². The Bertz CT molecular complexity index is 1440. The van der Waals surface area contributed by atoms with Gasteiger partial charge in [-0.3, -0.25) is 19.3 Å². The van der Waals surface area contributed by atoms with Crippen molar-refractivity contribution < 1.29 is 22.8 Å². The summed E-state index contributed by atoms with van der Waals surface area (Å²) in [4.78, 5) is 43.2. The Balaban J connectivity index is 1.25. The molecule has 0 atom stereocenters. The lowest BCUT2D eigenvalue weighted by Crippen LogP contribution is -2.32. The third-order valence-electron chi connectivity index (χ3n) is 6.00. The molecule has 0 bridgehead atoms. The largest absolute Gasteiger partial charge is 0.302 e. The molecule has 0 saturated carbocycles. The number of benzene rings is 2. The standard InChI is InChI=1S/C23H22N4O5S2/c1-14-4-6-16-17(12-14)22(30)27(21(16)29)11-8-20(28)25-23-24-18-7-5-15(13-19(18)33-23)34(31,32)26-9-2-3-10-26/h4-7,12-13H,2-3,8-11H2,1H3,(H,24,25,28). The molecule has 2 aliphatic heterocycles. The van der Waals surface area contributed by atoms with Crippen molar-refractivity contribution in [3.63, 3.8) is 0 Å². The number of nitrogens with one attached hydrogen (secondary N) is 1. The molecule has 0 aliphatic carbocycles. The molecule has 1 fully saturated rings.